The minimum absolute atomic E-state index is 0.0145. The summed E-state index contributed by atoms with van der Waals surface area (Å²) in [6.07, 6.45) is 1.37. The number of benzene rings is 1. The third-order valence-electron chi connectivity index (χ3n) is 3.39. The summed E-state index contributed by atoms with van der Waals surface area (Å²) in [5.41, 5.74) is 0.626. The summed E-state index contributed by atoms with van der Waals surface area (Å²) in [6, 6.07) is 4.04. The first-order chi connectivity index (χ1) is 11.0. The number of nitrogens with zero attached hydrogens (tertiary/aromatic N) is 2. The van der Waals surface area contributed by atoms with Gasteiger partial charge in [0.25, 0.3) is 0 Å². The van der Waals surface area contributed by atoms with E-state index < -0.39 is 5.82 Å². The van der Waals surface area contributed by atoms with E-state index in [1.807, 2.05) is 0 Å². The van der Waals surface area contributed by atoms with Crippen LogP contribution in [0.4, 0.5) is 15.2 Å². The van der Waals surface area contributed by atoms with Crippen LogP contribution in [0.3, 0.4) is 0 Å². The lowest BCUT2D eigenvalue weighted by atomic mass is 10.2. The largest absolute Gasteiger partial charge is 0.323 e. The average Bonchev–Trinajstić information content (AvgIpc) is 3.10. The second-order valence-corrected chi connectivity index (χ2v) is 6.39. The monoisotopic (exact) mass is 353 g/mol. The van der Waals surface area contributed by atoms with Crippen molar-refractivity contribution in [2.24, 2.45) is 0 Å². The van der Waals surface area contributed by atoms with E-state index >= 15 is 0 Å². The van der Waals surface area contributed by atoms with Crippen molar-refractivity contribution in [2.75, 3.05) is 16.8 Å². The van der Waals surface area contributed by atoms with E-state index in [0.29, 0.717) is 23.8 Å². The van der Waals surface area contributed by atoms with Crippen molar-refractivity contribution in [1.82, 2.24) is 4.98 Å². The fourth-order valence-electron chi connectivity index (χ4n) is 2.30. The Kier molecular flexibility index (Phi) is 4.58. The van der Waals surface area contributed by atoms with Crippen LogP contribution in [-0.4, -0.2) is 23.3 Å². The van der Waals surface area contributed by atoms with Crippen molar-refractivity contribution in [3.8, 4) is 0 Å². The number of amides is 2. The van der Waals surface area contributed by atoms with Gasteiger partial charge < -0.3 is 5.32 Å². The fraction of sp³-hybridized carbons (Fsp3) is 0.267. The topological polar surface area (TPSA) is 62.3 Å². The smallest absolute Gasteiger partial charge is 0.230 e. The van der Waals surface area contributed by atoms with Crippen molar-refractivity contribution in [2.45, 2.75) is 19.3 Å². The van der Waals surface area contributed by atoms with E-state index in [1.54, 1.807) is 10.3 Å². The van der Waals surface area contributed by atoms with Crippen LogP contribution in [0.5, 0.6) is 0 Å². The van der Waals surface area contributed by atoms with E-state index in [-0.39, 0.29) is 28.9 Å². The Bertz CT molecular complexity index is 765. The van der Waals surface area contributed by atoms with Crippen molar-refractivity contribution in [1.29, 1.82) is 0 Å². The molecule has 0 bridgehead atoms. The zero-order valence-corrected chi connectivity index (χ0v) is 13.6. The summed E-state index contributed by atoms with van der Waals surface area (Å²) in [5, 5.41) is 5.09. The number of anilines is 2. The number of nitrogens with one attached hydrogen (secondary N) is 1. The van der Waals surface area contributed by atoms with Crippen LogP contribution in [0.2, 0.25) is 5.02 Å². The van der Waals surface area contributed by atoms with Crippen LogP contribution in [0, 0.1) is 5.82 Å². The van der Waals surface area contributed by atoms with E-state index in [9.17, 15) is 14.0 Å². The minimum atomic E-state index is -0.590. The van der Waals surface area contributed by atoms with Gasteiger partial charge in [0.15, 0.2) is 5.13 Å². The Morgan fingerprint density at radius 1 is 1.48 bits per heavy atom. The first-order valence-electron chi connectivity index (χ1n) is 7.02. The van der Waals surface area contributed by atoms with Crippen molar-refractivity contribution < 1.29 is 14.0 Å². The highest BCUT2D eigenvalue weighted by atomic mass is 35.5. The van der Waals surface area contributed by atoms with Gasteiger partial charge in [-0.2, -0.15) is 0 Å². The molecule has 2 aromatic rings. The van der Waals surface area contributed by atoms with Crippen LogP contribution < -0.4 is 10.2 Å². The minimum Gasteiger partial charge on any atom is -0.323 e. The van der Waals surface area contributed by atoms with Gasteiger partial charge in [-0.3, -0.25) is 14.5 Å². The van der Waals surface area contributed by atoms with E-state index in [2.05, 4.69) is 10.3 Å². The highest BCUT2D eigenvalue weighted by Crippen LogP contribution is 2.25. The highest BCUT2D eigenvalue weighted by Gasteiger charge is 2.24. The van der Waals surface area contributed by atoms with Crippen molar-refractivity contribution in [3.05, 3.63) is 40.1 Å². The van der Waals surface area contributed by atoms with Crippen molar-refractivity contribution >= 4 is 45.6 Å². The molecule has 0 atom stereocenters. The van der Waals surface area contributed by atoms with Gasteiger partial charge in [-0.25, -0.2) is 9.37 Å². The molecule has 120 valence electrons. The second-order valence-electron chi connectivity index (χ2n) is 5.12. The molecule has 1 aliphatic heterocycles. The molecule has 1 aliphatic rings. The quantitative estimate of drug-likeness (QED) is 0.917. The molecule has 8 heteroatoms. The standard InChI is InChI=1S/C15H13ClFN3O2S/c16-9-3-4-12(11(17)6-9)19-13(21)7-10-8-23-15(18-10)20-5-1-2-14(20)22/h3-4,6,8H,1-2,5,7H2,(H,19,21). The number of carbonyl (C=O) groups excluding carboxylic acids is 2. The van der Waals surface area contributed by atoms with E-state index in [1.165, 1.54) is 23.5 Å². The van der Waals surface area contributed by atoms with Gasteiger partial charge in [-0.05, 0) is 24.6 Å². The fourth-order valence-corrected chi connectivity index (χ4v) is 3.33. The summed E-state index contributed by atoms with van der Waals surface area (Å²) in [5.74, 6) is -0.915. The summed E-state index contributed by atoms with van der Waals surface area (Å²) in [6.45, 7) is 0.661. The first kappa shape index (κ1) is 15.9. The lowest BCUT2D eigenvalue weighted by molar-refractivity contribution is -0.117. The predicted octanol–water partition coefficient (Wildman–Crippen LogP) is 3.24. The van der Waals surface area contributed by atoms with Gasteiger partial charge in [0.2, 0.25) is 11.8 Å². The molecule has 1 fully saturated rings. The molecular weight excluding hydrogens is 341 g/mol. The maximum atomic E-state index is 13.6. The molecule has 0 unspecified atom stereocenters. The van der Waals surface area contributed by atoms with Gasteiger partial charge in [0, 0.05) is 23.4 Å². The number of thiazole rings is 1. The number of hydrogen-bond donors (Lipinski definition) is 1. The average molecular weight is 354 g/mol. The number of carbonyl (C=O) groups is 2. The van der Waals surface area contributed by atoms with Crippen LogP contribution in [0.15, 0.2) is 23.6 Å². The Morgan fingerprint density at radius 3 is 3.00 bits per heavy atom. The number of aromatic nitrogens is 1. The number of halogens is 2. The van der Waals surface area contributed by atoms with Crippen LogP contribution in [0.1, 0.15) is 18.5 Å². The van der Waals surface area contributed by atoms with Gasteiger partial charge in [-0.15, -0.1) is 11.3 Å². The molecule has 0 saturated carbocycles. The molecule has 1 saturated heterocycles. The normalized spacial score (nSPS) is 14.3. The summed E-state index contributed by atoms with van der Waals surface area (Å²) in [4.78, 5) is 29.6. The molecule has 1 aromatic heterocycles. The molecular formula is C15H13ClFN3O2S. The van der Waals surface area contributed by atoms with Gasteiger partial charge in [0.05, 0.1) is 17.8 Å². The molecule has 23 heavy (non-hydrogen) atoms. The SMILES string of the molecule is O=C(Cc1csc(N2CCCC2=O)n1)Nc1ccc(Cl)cc1F. The number of rotatable bonds is 4. The Labute approximate surface area is 141 Å². The Hall–Kier alpha value is -1.99. The van der Waals surface area contributed by atoms with Crippen LogP contribution >= 0.6 is 22.9 Å². The van der Waals surface area contributed by atoms with Crippen molar-refractivity contribution in [3.63, 3.8) is 0 Å². The molecule has 0 aliphatic carbocycles. The summed E-state index contributed by atoms with van der Waals surface area (Å²) >= 11 is 6.99. The molecule has 1 N–H and O–H groups in total. The maximum Gasteiger partial charge on any atom is 0.230 e. The molecule has 0 spiro atoms. The molecule has 3 rings (SSSR count). The Morgan fingerprint density at radius 2 is 2.30 bits per heavy atom. The predicted molar refractivity (Wildman–Crippen MR) is 87.4 cm³/mol. The molecule has 1 aromatic carbocycles. The zero-order chi connectivity index (χ0) is 16.4. The molecule has 2 heterocycles. The Balaban J connectivity index is 1.64. The first-order valence-corrected chi connectivity index (χ1v) is 8.28. The third-order valence-corrected chi connectivity index (χ3v) is 4.54. The second kappa shape index (κ2) is 6.64. The highest BCUT2D eigenvalue weighted by molar-refractivity contribution is 7.14. The summed E-state index contributed by atoms with van der Waals surface area (Å²) < 4.78 is 13.6. The molecule has 5 nitrogen and oxygen atoms in total. The molecule has 2 amide bonds. The van der Waals surface area contributed by atoms with Gasteiger partial charge in [-0.1, -0.05) is 11.6 Å². The van der Waals surface area contributed by atoms with Gasteiger partial charge >= 0.3 is 0 Å². The summed E-state index contributed by atoms with van der Waals surface area (Å²) in [7, 11) is 0. The lowest BCUT2D eigenvalue weighted by Crippen LogP contribution is -2.23. The number of hydrogen-bond acceptors (Lipinski definition) is 4. The third kappa shape index (κ3) is 3.68. The van der Waals surface area contributed by atoms with Crippen LogP contribution in [-0.2, 0) is 16.0 Å². The lowest BCUT2D eigenvalue weighted by Gasteiger charge is -2.10. The van der Waals surface area contributed by atoms with E-state index in [0.717, 1.165) is 12.5 Å². The maximum absolute atomic E-state index is 13.6. The zero-order valence-electron chi connectivity index (χ0n) is 12.0. The van der Waals surface area contributed by atoms with Crippen LogP contribution in [0.25, 0.3) is 0 Å². The van der Waals surface area contributed by atoms with E-state index in [4.69, 9.17) is 11.6 Å². The molecule has 0 radical (unpaired) electrons. The van der Waals surface area contributed by atoms with Gasteiger partial charge in [0.1, 0.15) is 5.82 Å².